The molecule has 1 N–H and O–H groups in total. The van der Waals surface area contributed by atoms with Gasteiger partial charge in [-0.3, -0.25) is 9.69 Å². The van der Waals surface area contributed by atoms with Crippen LogP contribution in [-0.2, 0) is 0 Å². The van der Waals surface area contributed by atoms with Gasteiger partial charge in [-0.1, -0.05) is 35.3 Å². The van der Waals surface area contributed by atoms with E-state index in [-0.39, 0.29) is 16.8 Å². The topological polar surface area (TPSA) is 48.5 Å². The van der Waals surface area contributed by atoms with E-state index in [4.69, 9.17) is 23.2 Å². The molecule has 1 fully saturated rings. The van der Waals surface area contributed by atoms with Crippen molar-refractivity contribution < 1.29 is 4.79 Å². The molecule has 3 rings (SSSR count). The van der Waals surface area contributed by atoms with Gasteiger partial charge in [0.1, 0.15) is 10.8 Å². The first-order valence-corrected chi connectivity index (χ1v) is 9.93. The van der Waals surface area contributed by atoms with Gasteiger partial charge in [0.25, 0.3) is 5.91 Å². The van der Waals surface area contributed by atoms with Gasteiger partial charge in [0, 0.05) is 38.4 Å². The van der Waals surface area contributed by atoms with E-state index in [1.807, 2.05) is 0 Å². The monoisotopic (exact) mass is 406 g/mol. The first-order chi connectivity index (χ1) is 13.0. The zero-order chi connectivity index (χ0) is 19.2. The quantitative estimate of drug-likeness (QED) is 0.587. The van der Waals surface area contributed by atoms with Crippen LogP contribution in [-0.4, -0.2) is 55.1 Å². The lowest BCUT2D eigenvalue weighted by Crippen LogP contribution is -2.47. The van der Waals surface area contributed by atoms with Gasteiger partial charge < -0.3 is 10.2 Å². The maximum absolute atomic E-state index is 12.2. The summed E-state index contributed by atoms with van der Waals surface area (Å²) in [5, 5.41) is 3.44. The number of anilines is 1. The molecule has 0 atom stereocenters. The second kappa shape index (κ2) is 9.40. The van der Waals surface area contributed by atoms with E-state index in [1.54, 1.807) is 12.1 Å². The maximum Gasteiger partial charge on any atom is 0.271 e. The number of pyridine rings is 1. The third-order valence-corrected chi connectivity index (χ3v) is 5.22. The molecule has 2 heterocycles. The van der Waals surface area contributed by atoms with Crippen molar-refractivity contribution in [3.8, 4) is 0 Å². The predicted octanol–water partition coefficient (Wildman–Crippen LogP) is 3.64. The Bertz CT molecular complexity index is 791. The van der Waals surface area contributed by atoms with Crippen molar-refractivity contribution in [1.82, 2.24) is 15.2 Å². The summed E-state index contributed by atoms with van der Waals surface area (Å²) < 4.78 is 0. The molecule has 0 radical (unpaired) electrons. The zero-order valence-electron chi connectivity index (χ0n) is 15.4. The summed E-state index contributed by atoms with van der Waals surface area (Å²) in [6.07, 6.45) is 0.883. The predicted molar refractivity (Wildman–Crippen MR) is 111 cm³/mol. The summed E-state index contributed by atoms with van der Waals surface area (Å²) in [6, 6.07) is 11.8. The molecule has 1 aliphatic heterocycles. The Labute approximate surface area is 170 Å². The van der Waals surface area contributed by atoms with Crippen molar-refractivity contribution >= 4 is 34.8 Å². The van der Waals surface area contributed by atoms with Gasteiger partial charge in [0.05, 0.1) is 5.02 Å². The Balaban J connectivity index is 1.38. The number of carbonyl (C=O) groups is 1. The van der Waals surface area contributed by atoms with Gasteiger partial charge in [-0.25, -0.2) is 4.98 Å². The summed E-state index contributed by atoms with van der Waals surface area (Å²) in [6.45, 7) is 7.78. The molecule has 1 aromatic carbocycles. The number of halogens is 2. The van der Waals surface area contributed by atoms with Crippen LogP contribution >= 0.6 is 23.2 Å². The Morgan fingerprint density at radius 3 is 2.67 bits per heavy atom. The molecule has 0 aliphatic carbocycles. The van der Waals surface area contributed by atoms with E-state index in [1.165, 1.54) is 11.3 Å². The normalized spacial score (nSPS) is 15.0. The minimum absolute atomic E-state index is 0.177. The van der Waals surface area contributed by atoms with Crippen molar-refractivity contribution in [2.24, 2.45) is 0 Å². The van der Waals surface area contributed by atoms with Gasteiger partial charge in [-0.05, 0) is 49.7 Å². The van der Waals surface area contributed by atoms with Gasteiger partial charge in [-0.15, -0.1) is 0 Å². The fourth-order valence-electron chi connectivity index (χ4n) is 3.22. The molecule has 1 aromatic heterocycles. The smallest absolute Gasteiger partial charge is 0.271 e. The highest BCUT2D eigenvalue weighted by atomic mass is 35.5. The van der Waals surface area contributed by atoms with Crippen LogP contribution in [0.3, 0.4) is 0 Å². The number of benzene rings is 1. The number of aryl methyl sites for hydroxylation is 1. The SMILES string of the molecule is Cc1cccc(N2CCN(CCCNC(=O)c3nc(Cl)ccc3Cl)CC2)c1. The second-order valence-corrected chi connectivity index (χ2v) is 7.54. The van der Waals surface area contributed by atoms with Crippen molar-refractivity contribution in [2.45, 2.75) is 13.3 Å². The van der Waals surface area contributed by atoms with Gasteiger partial charge in [-0.2, -0.15) is 0 Å². The fourth-order valence-corrected chi connectivity index (χ4v) is 3.56. The summed E-state index contributed by atoms with van der Waals surface area (Å²) in [4.78, 5) is 21.0. The van der Waals surface area contributed by atoms with Crippen molar-refractivity contribution in [1.29, 1.82) is 0 Å². The molecule has 0 saturated carbocycles. The third-order valence-electron chi connectivity index (χ3n) is 4.70. The third kappa shape index (κ3) is 5.58. The molecule has 7 heteroatoms. The number of carbonyl (C=O) groups excluding carboxylic acids is 1. The average molecular weight is 407 g/mol. The van der Waals surface area contributed by atoms with Crippen LogP contribution < -0.4 is 10.2 Å². The maximum atomic E-state index is 12.2. The molecular weight excluding hydrogens is 383 g/mol. The van der Waals surface area contributed by atoms with Crippen molar-refractivity contribution in [3.05, 3.63) is 57.8 Å². The number of hydrogen-bond acceptors (Lipinski definition) is 4. The van der Waals surface area contributed by atoms with Crippen LogP contribution in [0.15, 0.2) is 36.4 Å². The number of piperazine rings is 1. The molecule has 1 amide bonds. The highest BCUT2D eigenvalue weighted by Crippen LogP contribution is 2.18. The Morgan fingerprint density at radius 2 is 1.93 bits per heavy atom. The van der Waals surface area contributed by atoms with Gasteiger partial charge in [0.2, 0.25) is 0 Å². The Kier molecular flexibility index (Phi) is 6.94. The number of nitrogens with zero attached hydrogens (tertiary/aromatic N) is 3. The van der Waals surface area contributed by atoms with E-state index in [0.29, 0.717) is 11.6 Å². The number of nitrogens with one attached hydrogen (secondary N) is 1. The molecule has 0 bridgehead atoms. The van der Waals surface area contributed by atoms with Crippen LogP contribution in [0.4, 0.5) is 5.69 Å². The number of rotatable bonds is 6. The van der Waals surface area contributed by atoms with E-state index in [0.717, 1.165) is 39.1 Å². The zero-order valence-corrected chi connectivity index (χ0v) is 16.9. The minimum atomic E-state index is -0.285. The van der Waals surface area contributed by atoms with Crippen LogP contribution in [0, 0.1) is 6.92 Å². The Hall–Kier alpha value is -1.82. The van der Waals surface area contributed by atoms with Gasteiger partial charge in [0.15, 0.2) is 0 Å². The fraction of sp³-hybridized carbons (Fsp3) is 0.400. The van der Waals surface area contributed by atoms with Crippen molar-refractivity contribution in [2.75, 3.05) is 44.2 Å². The van der Waals surface area contributed by atoms with Crippen LogP contribution in [0.25, 0.3) is 0 Å². The molecule has 1 aliphatic rings. The van der Waals surface area contributed by atoms with Crippen LogP contribution in [0.2, 0.25) is 10.2 Å². The summed E-state index contributed by atoms with van der Waals surface area (Å²) >= 11 is 11.8. The lowest BCUT2D eigenvalue weighted by Gasteiger charge is -2.36. The highest BCUT2D eigenvalue weighted by molar-refractivity contribution is 6.34. The molecular formula is C20H24Cl2N4O. The average Bonchev–Trinajstić information content (AvgIpc) is 2.67. The first kappa shape index (κ1) is 19.9. The molecule has 1 saturated heterocycles. The van der Waals surface area contributed by atoms with Crippen LogP contribution in [0.1, 0.15) is 22.5 Å². The lowest BCUT2D eigenvalue weighted by atomic mass is 10.2. The molecule has 27 heavy (non-hydrogen) atoms. The van der Waals surface area contributed by atoms with Crippen LogP contribution in [0.5, 0.6) is 0 Å². The second-order valence-electron chi connectivity index (χ2n) is 6.74. The van der Waals surface area contributed by atoms with Gasteiger partial charge >= 0.3 is 0 Å². The van der Waals surface area contributed by atoms with E-state index in [9.17, 15) is 4.79 Å². The molecule has 0 spiro atoms. The molecule has 0 unspecified atom stereocenters. The summed E-state index contributed by atoms with van der Waals surface area (Å²) in [5.41, 5.74) is 2.77. The minimum Gasteiger partial charge on any atom is -0.369 e. The largest absolute Gasteiger partial charge is 0.369 e. The standard InChI is InChI=1S/C20H24Cl2N4O/c1-15-4-2-5-16(14-15)26-12-10-25(11-13-26)9-3-8-23-20(27)19-17(21)6-7-18(22)24-19/h2,4-7,14H,3,8-13H2,1H3,(H,23,27). The molecule has 5 nitrogen and oxygen atoms in total. The highest BCUT2D eigenvalue weighted by Gasteiger charge is 2.17. The molecule has 144 valence electrons. The first-order valence-electron chi connectivity index (χ1n) is 9.17. The summed E-state index contributed by atoms with van der Waals surface area (Å²) in [7, 11) is 0. The van der Waals surface area contributed by atoms with Crippen molar-refractivity contribution in [3.63, 3.8) is 0 Å². The number of aromatic nitrogens is 1. The lowest BCUT2D eigenvalue weighted by molar-refractivity contribution is 0.0946. The van der Waals surface area contributed by atoms with E-state index >= 15 is 0 Å². The van der Waals surface area contributed by atoms with E-state index < -0.39 is 0 Å². The number of amides is 1. The summed E-state index contributed by atoms with van der Waals surface area (Å²) in [5.74, 6) is -0.285. The van der Waals surface area contributed by atoms with E-state index in [2.05, 4.69) is 51.3 Å². The molecule has 2 aromatic rings. The number of hydrogen-bond donors (Lipinski definition) is 1. The Morgan fingerprint density at radius 1 is 1.15 bits per heavy atom.